The number of ether oxygens (including phenoxy) is 1. The van der Waals surface area contributed by atoms with Crippen LogP contribution in [-0.4, -0.2) is 25.8 Å². The van der Waals surface area contributed by atoms with Crippen LogP contribution in [0.2, 0.25) is 0 Å². The highest BCUT2D eigenvalue weighted by atomic mass is 16.5. The first-order valence-corrected chi connectivity index (χ1v) is 4.27. The normalized spacial score (nSPS) is 40.8. The monoisotopic (exact) mass is 141 g/mol. The van der Waals surface area contributed by atoms with Gasteiger partial charge >= 0.3 is 0 Å². The molecule has 2 heteroatoms. The van der Waals surface area contributed by atoms with Gasteiger partial charge < -0.3 is 10.1 Å². The Hall–Kier alpha value is -0.0800. The van der Waals surface area contributed by atoms with Crippen LogP contribution in [0.25, 0.3) is 0 Å². The lowest BCUT2D eigenvalue weighted by molar-refractivity contribution is 0.102. The molecule has 2 unspecified atom stereocenters. The molecule has 0 aromatic carbocycles. The molecule has 0 spiro atoms. The summed E-state index contributed by atoms with van der Waals surface area (Å²) in [6, 6.07) is 0. The molecule has 2 nitrogen and oxygen atoms in total. The minimum atomic E-state index is 0.581. The van der Waals surface area contributed by atoms with E-state index in [1.54, 1.807) is 0 Å². The van der Waals surface area contributed by atoms with E-state index >= 15 is 0 Å². The lowest BCUT2D eigenvalue weighted by Gasteiger charge is -2.14. The third-order valence-corrected chi connectivity index (χ3v) is 2.54. The first kappa shape index (κ1) is 6.62. The van der Waals surface area contributed by atoms with E-state index in [2.05, 4.69) is 5.32 Å². The molecular formula is C8H15NO. The van der Waals surface area contributed by atoms with Crippen LogP contribution in [0.3, 0.4) is 0 Å². The second-order valence-corrected chi connectivity index (χ2v) is 3.38. The SMILES string of the molecule is C1CC2COC(CCN1)C2. The van der Waals surface area contributed by atoms with Gasteiger partial charge in [-0.3, -0.25) is 0 Å². The van der Waals surface area contributed by atoms with E-state index in [9.17, 15) is 0 Å². The van der Waals surface area contributed by atoms with Gasteiger partial charge in [0.1, 0.15) is 0 Å². The van der Waals surface area contributed by atoms with Crippen LogP contribution in [-0.2, 0) is 4.74 Å². The van der Waals surface area contributed by atoms with Gasteiger partial charge in [-0.2, -0.15) is 0 Å². The molecule has 2 fully saturated rings. The average molecular weight is 141 g/mol. The summed E-state index contributed by atoms with van der Waals surface area (Å²) in [7, 11) is 0. The zero-order chi connectivity index (χ0) is 6.81. The first-order valence-electron chi connectivity index (χ1n) is 4.27. The van der Waals surface area contributed by atoms with Crippen molar-refractivity contribution < 1.29 is 4.74 Å². The fraction of sp³-hybridized carbons (Fsp3) is 1.00. The van der Waals surface area contributed by atoms with E-state index in [0.29, 0.717) is 6.10 Å². The Morgan fingerprint density at radius 3 is 3.10 bits per heavy atom. The van der Waals surface area contributed by atoms with Gasteiger partial charge in [0.15, 0.2) is 0 Å². The van der Waals surface area contributed by atoms with E-state index in [1.807, 2.05) is 0 Å². The summed E-state index contributed by atoms with van der Waals surface area (Å²) >= 11 is 0. The predicted octanol–water partition coefficient (Wildman–Crippen LogP) is 0.775. The highest BCUT2D eigenvalue weighted by Gasteiger charge is 2.25. The molecule has 2 atom stereocenters. The minimum Gasteiger partial charge on any atom is -0.378 e. The van der Waals surface area contributed by atoms with Crippen molar-refractivity contribution in [2.45, 2.75) is 25.4 Å². The molecule has 0 aromatic heterocycles. The van der Waals surface area contributed by atoms with Crippen LogP contribution in [0.5, 0.6) is 0 Å². The third kappa shape index (κ3) is 1.32. The van der Waals surface area contributed by atoms with Crippen LogP contribution in [0.1, 0.15) is 19.3 Å². The fourth-order valence-electron chi connectivity index (χ4n) is 1.88. The van der Waals surface area contributed by atoms with Crippen LogP contribution >= 0.6 is 0 Å². The quantitative estimate of drug-likeness (QED) is 0.538. The second kappa shape index (κ2) is 2.89. The van der Waals surface area contributed by atoms with E-state index < -0.39 is 0 Å². The maximum Gasteiger partial charge on any atom is 0.0590 e. The minimum absolute atomic E-state index is 0.581. The molecule has 0 amide bonds. The van der Waals surface area contributed by atoms with Crippen LogP contribution in [0.4, 0.5) is 0 Å². The zero-order valence-electron chi connectivity index (χ0n) is 6.31. The molecule has 0 saturated carbocycles. The van der Waals surface area contributed by atoms with Crippen molar-refractivity contribution in [3.8, 4) is 0 Å². The number of nitrogens with one attached hydrogen (secondary N) is 1. The standard InChI is InChI=1S/C8H15NO/c1-3-9-4-2-8-5-7(1)6-10-8/h7-9H,1-6H2. The smallest absolute Gasteiger partial charge is 0.0590 e. The maximum atomic E-state index is 5.60. The number of fused-ring (bicyclic) bond motifs is 2. The van der Waals surface area contributed by atoms with Crippen LogP contribution < -0.4 is 5.32 Å². The first-order chi connectivity index (χ1) is 4.95. The molecule has 2 aliphatic heterocycles. The Morgan fingerprint density at radius 2 is 2.10 bits per heavy atom. The summed E-state index contributed by atoms with van der Waals surface area (Å²) in [5.74, 6) is 0.859. The van der Waals surface area contributed by atoms with Crippen molar-refractivity contribution in [1.29, 1.82) is 0 Å². The Morgan fingerprint density at radius 1 is 1.20 bits per heavy atom. The van der Waals surface area contributed by atoms with Gasteiger partial charge in [0.25, 0.3) is 0 Å². The fourth-order valence-corrected chi connectivity index (χ4v) is 1.88. The molecule has 2 saturated heterocycles. The van der Waals surface area contributed by atoms with E-state index in [-0.39, 0.29) is 0 Å². The largest absolute Gasteiger partial charge is 0.378 e. The molecule has 2 rings (SSSR count). The maximum absolute atomic E-state index is 5.60. The van der Waals surface area contributed by atoms with Gasteiger partial charge in [-0.25, -0.2) is 0 Å². The summed E-state index contributed by atoms with van der Waals surface area (Å²) in [5, 5.41) is 3.41. The highest BCUT2D eigenvalue weighted by Crippen LogP contribution is 2.24. The zero-order valence-corrected chi connectivity index (χ0v) is 6.31. The van der Waals surface area contributed by atoms with Gasteiger partial charge in [0.2, 0.25) is 0 Å². The third-order valence-electron chi connectivity index (χ3n) is 2.54. The van der Waals surface area contributed by atoms with Crippen molar-refractivity contribution in [1.82, 2.24) is 5.32 Å². The Bertz CT molecular complexity index is 104. The second-order valence-electron chi connectivity index (χ2n) is 3.38. The molecule has 2 heterocycles. The summed E-state index contributed by atoms with van der Waals surface area (Å²) in [6.07, 6.45) is 4.44. The Balaban J connectivity index is 1.91. The lowest BCUT2D eigenvalue weighted by atomic mass is 9.99. The lowest BCUT2D eigenvalue weighted by Crippen LogP contribution is -2.24. The van der Waals surface area contributed by atoms with E-state index in [4.69, 9.17) is 4.74 Å². The molecule has 1 N–H and O–H groups in total. The molecule has 2 aliphatic rings. The number of hydrogen-bond donors (Lipinski definition) is 1. The van der Waals surface area contributed by atoms with Gasteiger partial charge in [-0.05, 0) is 38.3 Å². The molecule has 0 aliphatic carbocycles. The summed E-state index contributed by atoms with van der Waals surface area (Å²) < 4.78 is 5.60. The van der Waals surface area contributed by atoms with Gasteiger partial charge in [0.05, 0.1) is 6.10 Å². The van der Waals surface area contributed by atoms with E-state index in [0.717, 1.165) is 19.1 Å². The van der Waals surface area contributed by atoms with E-state index in [1.165, 1.54) is 25.8 Å². The topological polar surface area (TPSA) is 21.3 Å². The van der Waals surface area contributed by atoms with Crippen LogP contribution in [0, 0.1) is 5.92 Å². The molecule has 0 radical (unpaired) electrons. The molecule has 10 heavy (non-hydrogen) atoms. The summed E-state index contributed by atoms with van der Waals surface area (Å²) in [4.78, 5) is 0. The van der Waals surface area contributed by atoms with Crippen molar-refractivity contribution >= 4 is 0 Å². The van der Waals surface area contributed by atoms with Crippen molar-refractivity contribution in [2.24, 2.45) is 5.92 Å². The highest BCUT2D eigenvalue weighted by molar-refractivity contribution is 4.77. The molecule has 2 bridgehead atoms. The van der Waals surface area contributed by atoms with Crippen molar-refractivity contribution in [2.75, 3.05) is 19.7 Å². The molecular weight excluding hydrogens is 126 g/mol. The average Bonchev–Trinajstić information content (AvgIpc) is 2.30. The number of hydrogen-bond acceptors (Lipinski definition) is 2. The Labute approximate surface area is 61.9 Å². The summed E-state index contributed by atoms with van der Waals surface area (Å²) in [6.45, 7) is 3.37. The molecule has 0 aromatic rings. The number of rotatable bonds is 0. The van der Waals surface area contributed by atoms with Gasteiger partial charge in [-0.15, -0.1) is 0 Å². The summed E-state index contributed by atoms with van der Waals surface area (Å²) in [5.41, 5.74) is 0. The van der Waals surface area contributed by atoms with Crippen molar-refractivity contribution in [3.63, 3.8) is 0 Å². The van der Waals surface area contributed by atoms with Gasteiger partial charge in [-0.1, -0.05) is 0 Å². The Kier molecular flexibility index (Phi) is 1.91. The van der Waals surface area contributed by atoms with Gasteiger partial charge in [0, 0.05) is 6.61 Å². The molecule has 58 valence electrons. The van der Waals surface area contributed by atoms with Crippen molar-refractivity contribution in [3.05, 3.63) is 0 Å². The van der Waals surface area contributed by atoms with Crippen LogP contribution in [0.15, 0.2) is 0 Å². The predicted molar refractivity (Wildman–Crippen MR) is 40.0 cm³/mol.